The van der Waals surface area contributed by atoms with Crippen LogP contribution in [0.5, 0.6) is 5.75 Å². The molecular weight excluding hydrogens is 368 g/mol. The first-order valence-electron chi connectivity index (χ1n) is 8.23. The van der Waals surface area contributed by atoms with Gasteiger partial charge in [0.25, 0.3) is 5.69 Å². The zero-order valence-corrected chi connectivity index (χ0v) is 15.7. The van der Waals surface area contributed by atoms with E-state index in [-0.39, 0.29) is 30.4 Å². The molecule has 0 heterocycles. The molecule has 0 bridgehead atoms. The predicted octanol–water partition coefficient (Wildman–Crippen LogP) is 3.09. The molecule has 0 radical (unpaired) electrons. The minimum Gasteiger partial charge on any atom is -0.496 e. The summed E-state index contributed by atoms with van der Waals surface area (Å²) < 4.78 is 15.0. The quantitative estimate of drug-likeness (QED) is 0.407. The Morgan fingerprint density at radius 2 is 1.79 bits per heavy atom. The zero-order valence-electron chi connectivity index (χ0n) is 15.7. The molecule has 1 amide bonds. The van der Waals surface area contributed by atoms with Crippen LogP contribution in [0.3, 0.4) is 0 Å². The van der Waals surface area contributed by atoms with Crippen molar-refractivity contribution >= 4 is 23.4 Å². The van der Waals surface area contributed by atoms with Crippen LogP contribution in [0, 0.1) is 10.1 Å². The van der Waals surface area contributed by atoms with E-state index in [1.165, 1.54) is 37.3 Å². The molecule has 0 aliphatic heterocycles. The Hall–Kier alpha value is -3.62. The van der Waals surface area contributed by atoms with Gasteiger partial charge in [-0.05, 0) is 23.8 Å². The topological polar surface area (TPSA) is 108 Å². The number of methoxy groups -OCH3 is 2. The maximum atomic E-state index is 12.3. The maximum absolute atomic E-state index is 12.3. The van der Waals surface area contributed by atoms with Gasteiger partial charge in [-0.3, -0.25) is 19.8 Å². The molecule has 0 aliphatic carbocycles. The number of ether oxygens (including phenoxy) is 3. The van der Waals surface area contributed by atoms with Gasteiger partial charge in [0.05, 0.1) is 31.6 Å². The number of non-ortho nitro benzene ring substituents is 1. The Morgan fingerprint density at radius 1 is 1.11 bits per heavy atom. The fourth-order valence-corrected chi connectivity index (χ4v) is 2.38. The van der Waals surface area contributed by atoms with E-state index in [1.54, 1.807) is 31.3 Å². The van der Waals surface area contributed by atoms with Crippen molar-refractivity contribution in [3.8, 4) is 5.75 Å². The fourth-order valence-electron chi connectivity index (χ4n) is 2.38. The van der Waals surface area contributed by atoms with Gasteiger partial charge in [-0.25, -0.2) is 4.79 Å². The summed E-state index contributed by atoms with van der Waals surface area (Å²) in [5.74, 6) is -0.0885. The molecule has 2 rings (SSSR count). The van der Waals surface area contributed by atoms with Crippen molar-refractivity contribution in [1.82, 2.24) is 0 Å². The van der Waals surface area contributed by atoms with E-state index < -0.39 is 11.0 Å². The van der Waals surface area contributed by atoms with Gasteiger partial charge in [0.15, 0.2) is 0 Å². The highest BCUT2D eigenvalue weighted by Gasteiger charge is 2.16. The summed E-state index contributed by atoms with van der Waals surface area (Å²) in [7, 11) is 4.25. The molecule has 2 aromatic carbocycles. The first kappa shape index (κ1) is 20.7. The Morgan fingerprint density at radius 3 is 2.36 bits per heavy atom. The molecule has 0 saturated heterocycles. The molecule has 0 unspecified atom stereocenters. The summed E-state index contributed by atoms with van der Waals surface area (Å²) in [4.78, 5) is 35.2. The van der Waals surface area contributed by atoms with Gasteiger partial charge in [0, 0.05) is 24.4 Å². The Kier molecular flexibility index (Phi) is 6.91. The molecule has 0 saturated carbocycles. The molecule has 148 valence electrons. The number of hydrogen-bond acceptors (Lipinski definition) is 7. The van der Waals surface area contributed by atoms with Gasteiger partial charge in [0.1, 0.15) is 12.4 Å². The van der Waals surface area contributed by atoms with Crippen LogP contribution in [0.15, 0.2) is 42.5 Å². The number of nitro groups is 1. The minimum absolute atomic E-state index is 0.106. The molecule has 0 aliphatic rings. The van der Waals surface area contributed by atoms with Crippen LogP contribution >= 0.6 is 0 Å². The number of benzene rings is 2. The van der Waals surface area contributed by atoms with Crippen LogP contribution in [0.1, 0.15) is 11.1 Å². The standard InChI is InChI=1S/C19H20N2O7/c1-20(15-7-4-13(5-8-15)10-18(22)27-3)19(23)28-12-14-6-9-16(21(24)25)11-17(14)26-2/h4-9,11H,10,12H2,1-3H3. The van der Waals surface area contributed by atoms with E-state index in [4.69, 9.17) is 9.47 Å². The minimum atomic E-state index is -0.610. The number of nitrogens with zero attached hydrogens (tertiary/aromatic N) is 2. The third-order valence-corrected chi connectivity index (χ3v) is 4.01. The number of rotatable bonds is 7. The second-order valence-electron chi connectivity index (χ2n) is 5.79. The third kappa shape index (κ3) is 5.19. The summed E-state index contributed by atoms with van der Waals surface area (Å²) >= 11 is 0. The van der Waals surface area contributed by atoms with E-state index >= 15 is 0 Å². The molecule has 0 atom stereocenters. The predicted molar refractivity (Wildman–Crippen MR) is 100 cm³/mol. The van der Waals surface area contributed by atoms with Crippen LogP contribution in [-0.2, 0) is 27.3 Å². The highest BCUT2D eigenvalue weighted by atomic mass is 16.6. The van der Waals surface area contributed by atoms with Crippen molar-refractivity contribution < 1.29 is 28.7 Å². The van der Waals surface area contributed by atoms with E-state index in [2.05, 4.69) is 4.74 Å². The zero-order chi connectivity index (χ0) is 20.7. The van der Waals surface area contributed by atoms with Gasteiger partial charge in [-0.1, -0.05) is 12.1 Å². The Labute approximate surface area is 161 Å². The number of anilines is 1. The van der Waals surface area contributed by atoms with Gasteiger partial charge < -0.3 is 14.2 Å². The van der Waals surface area contributed by atoms with Crippen molar-refractivity contribution in [3.05, 3.63) is 63.7 Å². The summed E-state index contributed by atoms with van der Waals surface area (Å²) in [6.07, 6.45) is -0.466. The van der Waals surface area contributed by atoms with Crippen molar-refractivity contribution in [2.75, 3.05) is 26.2 Å². The monoisotopic (exact) mass is 388 g/mol. The number of nitro benzene ring substituents is 1. The lowest BCUT2D eigenvalue weighted by molar-refractivity contribution is -0.384. The van der Waals surface area contributed by atoms with E-state index in [9.17, 15) is 19.7 Å². The second-order valence-corrected chi connectivity index (χ2v) is 5.79. The summed E-state index contributed by atoms with van der Waals surface area (Å²) in [6, 6.07) is 10.9. The molecule has 2 aromatic rings. The van der Waals surface area contributed by atoms with Crippen LogP contribution in [0.4, 0.5) is 16.2 Å². The molecule has 9 heteroatoms. The number of hydrogen-bond donors (Lipinski definition) is 0. The molecular formula is C19H20N2O7. The fraction of sp³-hybridized carbons (Fsp3) is 0.263. The van der Waals surface area contributed by atoms with Gasteiger partial charge in [-0.15, -0.1) is 0 Å². The van der Waals surface area contributed by atoms with Crippen molar-refractivity contribution in [2.24, 2.45) is 0 Å². The number of carbonyl (C=O) groups is 2. The number of esters is 1. The van der Waals surface area contributed by atoms with Crippen LogP contribution < -0.4 is 9.64 Å². The van der Waals surface area contributed by atoms with E-state index in [0.29, 0.717) is 11.3 Å². The highest BCUT2D eigenvalue weighted by Crippen LogP contribution is 2.25. The molecule has 0 spiro atoms. The maximum Gasteiger partial charge on any atom is 0.414 e. The van der Waals surface area contributed by atoms with E-state index in [1.807, 2.05) is 0 Å². The molecule has 28 heavy (non-hydrogen) atoms. The molecule has 9 nitrogen and oxygen atoms in total. The summed E-state index contributed by atoms with van der Waals surface area (Å²) in [5.41, 5.74) is 1.72. The lowest BCUT2D eigenvalue weighted by atomic mass is 10.1. The van der Waals surface area contributed by atoms with Crippen molar-refractivity contribution in [2.45, 2.75) is 13.0 Å². The summed E-state index contributed by atoms with van der Waals surface area (Å²) in [5, 5.41) is 10.8. The van der Waals surface area contributed by atoms with Gasteiger partial charge in [-0.2, -0.15) is 0 Å². The largest absolute Gasteiger partial charge is 0.496 e. The summed E-state index contributed by atoms with van der Waals surface area (Å²) in [6.45, 7) is -0.106. The lowest BCUT2D eigenvalue weighted by Gasteiger charge is -2.18. The average Bonchev–Trinajstić information content (AvgIpc) is 2.71. The van der Waals surface area contributed by atoms with Crippen molar-refractivity contribution in [1.29, 1.82) is 0 Å². The second kappa shape index (κ2) is 9.36. The first-order valence-corrected chi connectivity index (χ1v) is 8.23. The average molecular weight is 388 g/mol. The smallest absolute Gasteiger partial charge is 0.414 e. The van der Waals surface area contributed by atoms with Crippen LogP contribution in [-0.4, -0.2) is 38.3 Å². The number of amides is 1. The normalized spacial score (nSPS) is 10.1. The van der Waals surface area contributed by atoms with Crippen LogP contribution in [0.25, 0.3) is 0 Å². The highest BCUT2D eigenvalue weighted by molar-refractivity contribution is 5.87. The lowest BCUT2D eigenvalue weighted by Crippen LogP contribution is -2.27. The Bertz CT molecular complexity index is 865. The SMILES string of the molecule is COC(=O)Cc1ccc(N(C)C(=O)OCc2ccc([N+](=O)[O-])cc2OC)cc1. The molecule has 0 N–H and O–H groups in total. The van der Waals surface area contributed by atoms with Gasteiger partial charge >= 0.3 is 12.1 Å². The van der Waals surface area contributed by atoms with Crippen molar-refractivity contribution in [3.63, 3.8) is 0 Å². The third-order valence-electron chi connectivity index (χ3n) is 4.01. The van der Waals surface area contributed by atoms with E-state index in [0.717, 1.165) is 5.56 Å². The number of carbonyl (C=O) groups excluding carboxylic acids is 2. The van der Waals surface area contributed by atoms with Crippen LogP contribution in [0.2, 0.25) is 0 Å². The first-order chi connectivity index (χ1) is 13.3. The molecule has 0 aromatic heterocycles. The molecule has 0 fully saturated rings. The Balaban J connectivity index is 2.01. The van der Waals surface area contributed by atoms with Gasteiger partial charge in [0.2, 0.25) is 0 Å².